The van der Waals surface area contributed by atoms with Crippen LogP contribution in [-0.4, -0.2) is 16.7 Å². The third-order valence-corrected chi connectivity index (χ3v) is 11.8. The van der Waals surface area contributed by atoms with Crippen LogP contribution >= 0.6 is 0 Å². The van der Waals surface area contributed by atoms with E-state index in [-0.39, 0.29) is 6.04 Å². The number of benzene rings is 7. The molecule has 2 aliphatic carbocycles. The van der Waals surface area contributed by atoms with E-state index in [1.807, 2.05) is 12.3 Å². The zero-order valence-corrected chi connectivity index (χ0v) is 30.9. The zero-order valence-electron chi connectivity index (χ0n) is 30.9. The topological polar surface area (TPSA) is 32.3 Å². The van der Waals surface area contributed by atoms with Crippen LogP contribution in [0.1, 0.15) is 0 Å². The molecule has 4 heteroatoms. The largest absolute Gasteiger partial charge is 0.455 e. The van der Waals surface area contributed by atoms with E-state index >= 15 is 0 Å². The first-order chi connectivity index (χ1) is 28.3. The molecular formula is C53H34N3O+. The summed E-state index contributed by atoms with van der Waals surface area (Å²) in [4.78, 5) is 7.67. The predicted molar refractivity (Wildman–Crippen MR) is 236 cm³/mol. The Morgan fingerprint density at radius 1 is 0.526 bits per heavy atom. The minimum atomic E-state index is -0.0172. The Bertz CT molecular complexity index is 3190. The minimum absolute atomic E-state index is 0.0172. The van der Waals surface area contributed by atoms with E-state index in [2.05, 4.69) is 198 Å². The van der Waals surface area contributed by atoms with Crippen molar-refractivity contribution >= 4 is 50.4 Å². The summed E-state index contributed by atoms with van der Waals surface area (Å²) in [5.41, 5.74) is 18.6. The van der Waals surface area contributed by atoms with Gasteiger partial charge in [-0.1, -0.05) is 133 Å². The summed E-state index contributed by atoms with van der Waals surface area (Å²) in [6.07, 6.45) is 10.8. The zero-order chi connectivity index (χ0) is 37.5. The second kappa shape index (κ2) is 12.5. The van der Waals surface area contributed by atoms with Gasteiger partial charge >= 0.3 is 0 Å². The second-order valence-corrected chi connectivity index (χ2v) is 14.9. The van der Waals surface area contributed by atoms with E-state index in [9.17, 15) is 0 Å². The van der Waals surface area contributed by atoms with Gasteiger partial charge in [-0.2, -0.15) is 4.58 Å². The van der Waals surface area contributed by atoms with Gasteiger partial charge in [0.25, 0.3) is 0 Å². The molecule has 57 heavy (non-hydrogen) atoms. The van der Waals surface area contributed by atoms with Gasteiger partial charge in [-0.3, -0.25) is 4.98 Å². The van der Waals surface area contributed by atoms with Crippen LogP contribution in [-0.2, 0) is 0 Å². The van der Waals surface area contributed by atoms with Crippen molar-refractivity contribution in [3.8, 4) is 55.8 Å². The van der Waals surface area contributed by atoms with Crippen molar-refractivity contribution in [2.24, 2.45) is 0 Å². The van der Waals surface area contributed by atoms with E-state index in [1.54, 1.807) is 0 Å². The molecule has 4 nitrogen and oxygen atoms in total. The molecule has 3 aliphatic rings. The number of pyridine rings is 1. The SMILES string of the molecule is C1=CC2=[N+](c3ccccc3)c3cc4c(cc3N(c3ccccc3)C2C=C1)-c1ncccc1-c1ccccc1-c1cc(-c2cccc3c2oc2ccccc23)ccc1-4. The molecule has 0 radical (unpaired) electrons. The van der Waals surface area contributed by atoms with Crippen LogP contribution in [0.3, 0.4) is 0 Å². The Morgan fingerprint density at radius 2 is 1.23 bits per heavy atom. The molecule has 266 valence electrons. The highest BCUT2D eigenvalue weighted by Gasteiger charge is 2.41. The smallest absolute Gasteiger partial charge is 0.236 e. The molecular weight excluding hydrogens is 695 g/mol. The number of nitrogens with zero attached hydrogens (tertiary/aromatic N) is 3. The number of fused-ring (bicyclic) bond motifs is 13. The Balaban J connectivity index is 1.18. The third kappa shape index (κ3) is 4.81. The molecule has 2 aromatic heterocycles. The summed E-state index contributed by atoms with van der Waals surface area (Å²) in [7, 11) is 0. The molecule has 3 heterocycles. The highest BCUT2D eigenvalue weighted by Crippen LogP contribution is 2.53. The molecule has 12 rings (SSSR count). The van der Waals surface area contributed by atoms with Crippen LogP contribution in [0.4, 0.5) is 22.7 Å². The van der Waals surface area contributed by atoms with Crippen molar-refractivity contribution in [1.82, 2.24) is 9.56 Å². The molecule has 7 aromatic carbocycles. The molecule has 1 unspecified atom stereocenters. The van der Waals surface area contributed by atoms with Crippen LogP contribution < -0.4 is 9.48 Å². The molecule has 0 spiro atoms. The van der Waals surface area contributed by atoms with Gasteiger partial charge in [-0.25, -0.2) is 0 Å². The number of hydrogen-bond donors (Lipinski definition) is 0. The standard InChI is InChI=1S/C53H34N3O/c1-3-15-35(16-4-1)55-47-25-10-11-26-48(47)56(36-17-5-2-6-18-36)50-33-46-45(32-49(50)55)40-29-28-34(37-22-13-23-43-41-21-9-12-27-51(41)57-53(37)43)31-44(40)39-20-8-7-19-38(39)42-24-14-30-54-52(42)46/h1-33,48H/q+1. The molecule has 0 N–H and O–H groups in total. The first-order valence-corrected chi connectivity index (χ1v) is 19.5. The van der Waals surface area contributed by atoms with Crippen molar-refractivity contribution in [2.45, 2.75) is 6.04 Å². The van der Waals surface area contributed by atoms with Gasteiger partial charge in [-0.15, -0.1) is 0 Å². The van der Waals surface area contributed by atoms with Crippen LogP contribution in [0.25, 0.3) is 77.7 Å². The monoisotopic (exact) mass is 728 g/mol. The summed E-state index contributed by atoms with van der Waals surface area (Å²) in [5.74, 6) is 0. The van der Waals surface area contributed by atoms with Crippen molar-refractivity contribution in [2.75, 3.05) is 4.90 Å². The van der Waals surface area contributed by atoms with E-state index < -0.39 is 0 Å². The highest BCUT2D eigenvalue weighted by molar-refractivity contribution is 6.14. The van der Waals surface area contributed by atoms with E-state index in [4.69, 9.17) is 9.40 Å². The van der Waals surface area contributed by atoms with Gasteiger partial charge in [0.1, 0.15) is 22.9 Å². The maximum Gasteiger partial charge on any atom is 0.236 e. The average molecular weight is 729 g/mol. The van der Waals surface area contributed by atoms with E-state index in [0.29, 0.717) is 0 Å². The van der Waals surface area contributed by atoms with Crippen LogP contribution in [0.2, 0.25) is 0 Å². The number of allylic oxidation sites excluding steroid dienone is 2. The second-order valence-electron chi connectivity index (χ2n) is 14.9. The van der Waals surface area contributed by atoms with Gasteiger partial charge in [0.15, 0.2) is 0 Å². The van der Waals surface area contributed by atoms with Gasteiger partial charge in [-0.05, 0) is 69.8 Å². The quantitative estimate of drug-likeness (QED) is 0.170. The van der Waals surface area contributed by atoms with Crippen molar-refractivity contribution in [1.29, 1.82) is 0 Å². The lowest BCUT2D eigenvalue weighted by atomic mass is 9.81. The Labute approximate surface area is 330 Å². The number of rotatable bonds is 3. The summed E-state index contributed by atoms with van der Waals surface area (Å²) in [6, 6.07) is 61.1. The Morgan fingerprint density at radius 3 is 2.11 bits per heavy atom. The van der Waals surface area contributed by atoms with E-state index in [1.165, 1.54) is 16.8 Å². The maximum absolute atomic E-state index is 6.57. The normalized spacial score (nSPS) is 14.9. The fraction of sp³-hybridized carbons (Fsp3) is 0.0189. The lowest BCUT2D eigenvalue weighted by Crippen LogP contribution is -2.44. The average Bonchev–Trinajstić information content (AvgIpc) is 3.67. The van der Waals surface area contributed by atoms with Crippen LogP contribution in [0, 0.1) is 0 Å². The number of para-hydroxylation sites is 4. The molecule has 0 saturated heterocycles. The molecule has 1 aliphatic heterocycles. The minimum Gasteiger partial charge on any atom is -0.455 e. The summed E-state index contributed by atoms with van der Waals surface area (Å²) in [5, 5.41) is 2.25. The summed E-state index contributed by atoms with van der Waals surface area (Å²) < 4.78 is 9.02. The van der Waals surface area contributed by atoms with Crippen LogP contribution in [0.15, 0.2) is 205 Å². The molecule has 0 amide bonds. The lowest BCUT2D eigenvalue weighted by Gasteiger charge is -2.36. The lowest BCUT2D eigenvalue weighted by molar-refractivity contribution is 0.670. The van der Waals surface area contributed by atoms with Gasteiger partial charge < -0.3 is 9.32 Å². The fourth-order valence-electron chi connectivity index (χ4n) is 9.29. The highest BCUT2D eigenvalue weighted by atomic mass is 16.3. The molecule has 0 bridgehead atoms. The summed E-state index contributed by atoms with van der Waals surface area (Å²) in [6.45, 7) is 0. The van der Waals surface area contributed by atoms with Crippen LogP contribution in [0.5, 0.6) is 0 Å². The van der Waals surface area contributed by atoms with Crippen molar-refractivity contribution in [3.05, 3.63) is 200 Å². The molecule has 0 fully saturated rings. The third-order valence-electron chi connectivity index (χ3n) is 11.8. The van der Waals surface area contributed by atoms with Gasteiger partial charge in [0.2, 0.25) is 17.1 Å². The first-order valence-electron chi connectivity index (χ1n) is 19.5. The summed E-state index contributed by atoms with van der Waals surface area (Å²) >= 11 is 0. The van der Waals surface area contributed by atoms with E-state index in [0.717, 1.165) is 89.3 Å². The number of anilines is 2. The Kier molecular flexibility index (Phi) is 6.96. The van der Waals surface area contributed by atoms with Crippen molar-refractivity contribution in [3.63, 3.8) is 0 Å². The first kappa shape index (κ1) is 31.8. The fourth-order valence-corrected chi connectivity index (χ4v) is 9.29. The van der Waals surface area contributed by atoms with Gasteiger partial charge in [0, 0.05) is 63.6 Å². The van der Waals surface area contributed by atoms with Crippen molar-refractivity contribution < 1.29 is 4.42 Å². The number of hydrogen-bond acceptors (Lipinski definition) is 3. The van der Waals surface area contributed by atoms with Gasteiger partial charge in [0.05, 0.1) is 5.69 Å². The number of furan rings is 1. The predicted octanol–water partition coefficient (Wildman–Crippen LogP) is 13.6. The number of aromatic nitrogens is 1. The molecule has 1 atom stereocenters. The molecule has 9 aromatic rings. The maximum atomic E-state index is 6.57. The molecule has 0 saturated carbocycles. The Hall–Kier alpha value is -7.56.